The number of hydrogen-bond donors (Lipinski definition) is 1. The summed E-state index contributed by atoms with van der Waals surface area (Å²) in [6, 6.07) is 1.82. The molecule has 3 aliphatic carbocycles. The molecule has 2 saturated heterocycles. The minimum absolute atomic E-state index is 0.126. The average molecular weight is 545 g/mol. The number of cyclic esters (lactones) is 1. The Morgan fingerprint density at radius 2 is 1.64 bits per heavy atom. The van der Waals surface area contributed by atoms with Crippen LogP contribution in [0.1, 0.15) is 85.8 Å². The van der Waals surface area contributed by atoms with Crippen molar-refractivity contribution in [3.05, 3.63) is 24.2 Å². The molecule has 6 rings (SSSR count). The number of hydrogen-bond acceptors (Lipinski definition) is 9. The van der Waals surface area contributed by atoms with Crippen LogP contribution in [-0.4, -0.2) is 53.0 Å². The number of esters is 3. The van der Waals surface area contributed by atoms with E-state index in [4.69, 9.17) is 23.4 Å². The third kappa shape index (κ3) is 3.12. The van der Waals surface area contributed by atoms with E-state index in [1.807, 2.05) is 19.9 Å². The van der Waals surface area contributed by atoms with Crippen LogP contribution in [0.15, 0.2) is 23.0 Å². The molecule has 1 aromatic heterocycles. The lowest BCUT2D eigenvalue weighted by atomic mass is 9.34. The normalized spacial score (nSPS) is 49.3. The SMILES string of the molecule is CC(=O)O[C@H]1C[C@@H](O)C(C)(C)[C@@H]2C[C@@H](OC(C)=O)[C@]3(C)C(CC[C@@]4(C)[C@@H](c5ccoc5)OC(=O)[C@H]5O[C@]543)[C@@]12C. The summed E-state index contributed by atoms with van der Waals surface area (Å²) in [5.41, 5.74) is -2.72. The highest BCUT2D eigenvalue weighted by atomic mass is 16.7. The lowest BCUT2D eigenvalue weighted by molar-refractivity contribution is -0.297. The summed E-state index contributed by atoms with van der Waals surface area (Å²) in [7, 11) is 0. The van der Waals surface area contributed by atoms with Crippen LogP contribution in [-0.2, 0) is 33.3 Å². The van der Waals surface area contributed by atoms with E-state index in [2.05, 4.69) is 20.8 Å². The average Bonchev–Trinajstić information content (AvgIpc) is 3.41. The van der Waals surface area contributed by atoms with Crippen LogP contribution in [0.4, 0.5) is 0 Å². The highest BCUT2D eigenvalue weighted by Crippen LogP contribution is 2.80. The van der Waals surface area contributed by atoms with Crippen molar-refractivity contribution in [2.75, 3.05) is 0 Å². The second kappa shape index (κ2) is 8.09. The summed E-state index contributed by atoms with van der Waals surface area (Å²) in [6.45, 7) is 13.3. The van der Waals surface area contributed by atoms with E-state index in [9.17, 15) is 19.5 Å². The molecule has 0 aromatic carbocycles. The summed E-state index contributed by atoms with van der Waals surface area (Å²) in [5, 5.41) is 11.3. The Balaban J connectivity index is 1.55. The van der Waals surface area contributed by atoms with Crippen molar-refractivity contribution < 1.29 is 42.9 Å². The first-order chi connectivity index (χ1) is 18.2. The van der Waals surface area contributed by atoms with Crippen LogP contribution >= 0.6 is 0 Å². The number of carbonyl (C=O) groups excluding carboxylic acids is 3. The zero-order valence-electron chi connectivity index (χ0n) is 23.8. The Kier molecular flexibility index (Phi) is 5.56. The molecule has 1 N–H and O–H groups in total. The lowest BCUT2D eigenvalue weighted by Crippen LogP contribution is -2.75. The van der Waals surface area contributed by atoms with Crippen molar-refractivity contribution >= 4 is 17.9 Å². The first-order valence-electron chi connectivity index (χ1n) is 14.1. The minimum Gasteiger partial charge on any atom is -0.472 e. The molecular formula is C30H40O9. The van der Waals surface area contributed by atoms with Gasteiger partial charge in [0.05, 0.1) is 18.6 Å². The lowest BCUT2D eigenvalue weighted by Gasteiger charge is -2.71. The van der Waals surface area contributed by atoms with E-state index >= 15 is 0 Å². The molecule has 214 valence electrons. The van der Waals surface area contributed by atoms with Crippen LogP contribution < -0.4 is 0 Å². The molecule has 1 spiro atoms. The zero-order valence-corrected chi connectivity index (χ0v) is 23.8. The molecule has 0 bridgehead atoms. The standard InChI is InChI=1S/C30H40O9/c1-15(31)36-21-13-20(33)26(3,4)19-12-22(37-16(2)32)29(7)18(28(19,21)6)8-10-27(5)23(17-9-11-35-14-17)38-25(34)24-30(27,29)39-24/h9,11,14,18-24,33H,8,10,12-13H2,1-7H3/t18?,19-,20+,21-,22+,23+,24+,27-,28+,29-,30+/m0/s1. The minimum atomic E-state index is -0.963. The van der Waals surface area contributed by atoms with Gasteiger partial charge in [-0.2, -0.15) is 0 Å². The molecular weight excluding hydrogens is 504 g/mol. The Bertz CT molecular complexity index is 1210. The summed E-state index contributed by atoms with van der Waals surface area (Å²) >= 11 is 0. The fraction of sp³-hybridized carbons (Fsp3) is 0.767. The predicted octanol–water partition coefficient (Wildman–Crippen LogP) is 4.12. The number of ether oxygens (including phenoxy) is 4. The van der Waals surface area contributed by atoms with Crippen LogP contribution in [0.25, 0.3) is 0 Å². The number of epoxide rings is 1. The van der Waals surface area contributed by atoms with Gasteiger partial charge in [-0.05, 0) is 42.6 Å². The number of aliphatic hydroxyl groups is 1. The van der Waals surface area contributed by atoms with Gasteiger partial charge in [0.1, 0.15) is 23.9 Å². The van der Waals surface area contributed by atoms with Gasteiger partial charge in [-0.3, -0.25) is 9.59 Å². The summed E-state index contributed by atoms with van der Waals surface area (Å²) in [6.07, 6.45) is 2.14. The van der Waals surface area contributed by atoms with E-state index in [1.165, 1.54) is 13.8 Å². The number of fused-ring (bicyclic) bond motifs is 3. The van der Waals surface area contributed by atoms with Crippen molar-refractivity contribution in [1.29, 1.82) is 0 Å². The van der Waals surface area contributed by atoms with Gasteiger partial charge < -0.3 is 28.5 Å². The molecule has 0 amide bonds. The predicted molar refractivity (Wildman–Crippen MR) is 136 cm³/mol. The Morgan fingerprint density at radius 3 is 2.26 bits per heavy atom. The highest BCUT2D eigenvalue weighted by molar-refractivity contribution is 5.82. The second-order valence-electron chi connectivity index (χ2n) is 13.8. The maximum Gasteiger partial charge on any atom is 0.339 e. The zero-order chi connectivity index (χ0) is 28.3. The molecule has 5 aliphatic rings. The van der Waals surface area contributed by atoms with E-state index in [1.54, 1.807) is 12.5 Å². The van der Waals surface area contributed by atoms with Crippen molar-refractivity contribution in [1.82, 2.24) is 0 Å². The Morgan fingerprint density at radius 1 is 0.974 bits per heavy atom. The number of aliphatic hydroxyl groups excluding tert-OH is 1. The number of carbonyl (C=O) groups is 3. The van der Waals surface area contributed by atoms with E-state index < -0.39 is 75.7 Å². The molecule has 11 atom stereocenters. The van der Waals surface area contributed by atoms with Gasteiger partial charge in [-0.15, -0.1) is 0 Å². The first-order valence-corrected chi connectivity index (χ1v) is 14.1. The maximum absolute atomic E-state index is 13.4. The van der Waals surface area contributed by atoms with Crippen LogP contribution in [0.2, 0.25) is 0 Å². The van der Waals surface area contributed by atoms with Gasteiger partial charge in [0, 0.05) is 42.1 Å². The fourth-order valence-corrected chi connectivity index (χ4v) is 10.2. The van der Waals surface area contributed by atoms with Gasteiger partial charge in [0.15, 0.2) is 6.10 Å². The van der Waals surface area contributed by atoms with Gasteiger partial charge in [0.25, 0.3) is 0 Å². The first kappa shape index (κ1) is 26.8. The van der Waals surface area contributed by atoms with Crippen LogP contribution in [0.3, 0.4) is 0 Å². The Hall–Kier alpha value is -2.39. The maximum atomic E-state index is 13.4. The molecule has 9 heteroatoms. The molecule has 0 radical (unpaired) electrons. The fourth-order valence-electron chi connectivity index (χ4n) is 10.2. The molecule has 2 aliphatic heterocycles. The Labute approximate surface area is 228 Å². The smallest absolute Gasteiger partial charge is 0.339 e. The van der Waals surface area contributed by atoms with Crippen molar-refractivity contribution in [3.8, 4) is 0 Å². The number of rotatable bonds is 3. The molecule has 39 heavy (non-hydrogen) atoms. The monoisotopic (exact) mass is 544 g/mol. The molecule has 1 unspecified atom stereocenters. The van der Waals surface area contributed by atoms with Gasteiger partial charge >= 0.3 is 17.9 Å². The van der Waals surface area contributed by atoms with Gasteiger partial charge in [0.2, 0.25) is 0 Å². The quantitative estimate of drug-likeness (QED) is 0.340. The summed E-state index contributed by atoms with van der Waals surface area (Å²) < 4.78 is 30.1. The van der Waals surface area contributed by atoms with Gasteiger partial charge in [-0.1, -0.05) is 34.6 Å². The summed E-state index contributed by atoms with van der Waals surface area (Å²) in [5.74, 6) is -1.49. The molecule has 3 heterocycles. The number of furan rings is 1. The van der Waals surface area contributed by atoms with Crippen molar-refractivity contribution in [2.24, 2.45) is 33.5 Å². The summed E-state index contributed by atoms with van der Waals surface area (Å²) in [4.78, 5) is 38.3. The third-order valence-electron chi connectivity index (χ3n) is 11.9. The van der Waals surface area contributed by atoms with Crippen LogP contribution in [0.5, 0.6) is 0 Å². The largest absolute Gasteiger partial charge is 0.472 e. The van der Waals surface area contributed by atoms with E-state index in [0.29, 0.717) is 25.7 Å². The van der Waals surface area contributed by atoms with Gasteiger partial charge in [-0.25, -0.2) is 4.79 Å². The van der Waals surface area contributed by atoms with E-state index in [-0.39, 0.29) is 11.8 Å². The second-order valence-corrected chi connectivity index (χ2v) is 13.8. The topological polar surface area (TPSA) is 125 Å². The molecule has 3 saturated carbocycles. The van der Waals surface area contributed by atoms with Crippen molar-refractivity contribution in [2.45, 2.75) is 110 Å². The van der Waals surface area contributed by atoms with Crippen molar-refractivity contribution in [3.63, 3.8) is 0 Å². The third-order valence-corrected chi connectivity index (χ3v) is 11.9. The van der Waals surface area contributed by atoms with Crippen LogP contribution in [0, 0.1) is 33.5 Å². The molecule has 9 nitrogen and oxygen atoms in total. The van der Waals surface area contributed by atoms with E-state index in [0.717, 1.165) is 5.56 Å². The highest BCUT2D eigenvalue weighted by Gasteiger charge is 2.89. The molecule has 5 fully saturated rings. The molecule has 1 aromatic rings.